The maximum Gasteiger partial charge on any atom is 0.229 e. The number of carbonyl (C=O) groups is 1. The highest BCUT2D eigenvalue weighted by Crippen LogP contribution is 2.37. The number of aryl methyl sites for hydroxylation is 1. The largest absolute Gasteiger partial charge is 0.369 e. The SMILES string of the molecule is Cc1cc(Nc2ncc(F)c(N[C@H]3CCCC3(C=O)CN)n2)ccc1N1CCN(C)CC1. The van der Waals surface area contributed by atoms with E-state index in [1.54, 1.807) is 0 Å². The first-order valence-electron chi connectivity index (χ1n) is 11.2. The van der Waals surface area contributed by atoms with Crippen molar-refractivity contribution < 1.29 is 9.18 Å². The van der Waals surface area contributed by atoms with Crippen LogP contribution in [0.2, 0.25) is 0 Å². The number of aromatic nitrogens is 2. The number of piperazine rings is 1. The van der Waals surface area contributed by atoms with Gasteiger partial charge in [-0.05, 0) is 50.6 Å². The van der Waals surface area contributed by atoms with Gasteiger partial charge in [-0.3, -0.25) is 0 Å². The van der Waals surface area contributed by atoms with Crippen molar-refractivity contribution in [3.63, 3.8) is 0 Å². The molecule has 1 aromatic heterocycles. The first kappa shape index (κ1) is 22.4. The molecule has 1 unspecified atom stereocenters. The van der Waals surface area contributed by atoms with Gasteiger partial charge in [-0.15, -0.1) is 0 Å². The minimum absolute atomic E-state index is 0.0832. The molecule has 4 N–H and O–H groups in total. The molecule has 2 aromatic rings. The van der Waals surface area contributed by atoms with Gasteiger partial charge >= 0.3 is 0 Å². The second kappa shape index (κ2) is 9.38. The fourth-order valence-electron chi connectivity index (χ4n) is 4.70. The number of benzene rings is 1. The van der Waals surface area contributed by atoms with Crippen LogP contribution >= 0.6 is 0 Å². The minimum atomic E-state index is -0.679. The van der Waals surface area contributed by atoms with Crippen LogP contribution < -0.4 is 21.3 Å². The summed E-state index contributed by atoms with van der Waals surface area (Å²) in [5.74, 6) is -0.177. The average Bonchev–Trinajstić information content (AvgIpc) is 3.20. The third-order valence-corrected chi connectivity index (χ3v) is 6.80. The van der Waals surface area contributed by atoms with Crippen LogP contribution in [-0.4, -0.2) is 67.0 Å². The lowest BCUT2D eigenvalue weighted by atomic mass is 9.84. The number of nitrogens with two attached hydrogens (primary N) is 1. The van der Waals surface area contributed by atoms with Gasteiger partial charge in [0.1, 0.15) is 6.29 Å². The predicted octanol–water partition coefficient (Wildman–Crippen LogP) is 2.53. The van der Waals surface area contributed by atoms with E-state index in [4.69, 9.17) is 5.73 Å². The van der Waals surface area contributed by atoms with Crippen molar-refractivity contribution in [1.82, 2.24) is 14.9 Å². The zero-order valence-corrected chi connectivity index (χ0v) is 18.8. The molecule has 0 spiro atoms. The monoisotopic (exact) mass is 441 g/mol. The first-order chi connectivity index (χ1) is 15.4. The van der Waals surface area contributed by atoms with Crippen LogP contribution in [0.1, 0.15) is 24.8 Å². The molecule has 8 nitrogen and oxygen atoms in total. The van der Waals surface area contributed by atoms with Crippen LogP contribution in [0.4, 0.5) is 27.5 Å². The molecule has 2 atom stereocenters. The maximum atomic E-state index is 14.4. The molecular weight excluding hydrogens is 409 g/mol. The number of anilines is 4. The number of nitrogens with one attached hydrogen (secondary N) is 2. The molecule has 9 heteroatoms. The molecule has 1 aliphatic heterocycles. The third kappa shape index (κ3) is 4.54. The quantitative estimate of drug-likeness (QED) is 0.564. The van der Waals surface area contributed by atoms with Gasteiger partial charge in [0.15, 0.2) is 11.6 Å². The summed E-state index contributed by atoms with van der Waals surface area (Å²) in [7, 11) is 2.14. The highest BCUT2D eigenvalue weighted by atomic mass is 19.1. The zero-order chi connectivity index (χ0) is 22.7. The summed E-state index contributed by atoms with van der Waals surface area (Å²) in [6.45, 7) is 6.43. The Balaban J connectivity index is 1.48. The van der Waals surface area contributed by atoms with E-state index in [2.05, 4.69) is 56.5 Å². The normalized spacial score (nSPS) is 23.9. The van der Waals surface area contributed by atoms with E-state index in [0.29, 0.717) is 12.4 Å². The molecule has 0 bridgehead atoms. The molecule has 2 heterocycles. The highest BCUT2D eigenvalue weighted by molar-refractivity contribution is 5.65. The Labute approximate surface area is 188 Å². The molecule has 4 rings (SSSR count). The Bertz CT molecular complexity index is 963. The summed E-state index contributed by atoms with van der Waals surface area (Å²) in [4.78, 5) is 24.8. The zero-order valence-electron chi connectivity index (χ0n) is 18.8. The number of halogens is 1. The van der Waals surface area contributed by atoms with Crippen molar-refractivity contribution in [2.45, 2.75) is 32.2 Å². The number of carbonyl (C=O) groups excluding carboxylic acids is 1. The molecule has 172 valence electrons. The Hall–Kier alpha value is -2.78. The molecule has 1 saturated heterocycles. The van der Waals surface area contributed by atoms with Gasteiger partial charge in [-0.2, -0.15) is 4.98 Å². The summed E-state index contributed by atoms with van der Waals surface area (Å²) >= 11 is 0. The van der Waals surface area contributed by atoms with E-state index in [9.17, 15) is 9.18 Å². The summed E-state index contributed by atoms with van der Waals surface area (Å²) in [5.41, 5.74) is 8.40. The van der Waals surface area contributed by atoms with Crippen LogP contribution in [-0.2, 0) is 4.79 Å². The third-order valence-electron chi connectivity index (χ3n) is 6.80. The lowest BCUT2D eigenvalue weighted by Gasteiger charge is -2.35. The van der Waals surface area contributed by atoms with Gasteiger partial charge in [0.2, 0.25) is 5.95 Å². The van der Waals surface area contributed by atoms with Crippen molar-refractivity contribution in [3.8, 4) is 0 Å². The highest BCUT2D eigenvalue weighted by Gasteiger charge is 2.42. The standard InChI is InChI=1S/C23H32FN7O/c1-16-12-17(5-6-19(16)31-10-8-30(2)9-11-31)27-22-26-13-18(24)21(29-22)28-20-4-3-7-23(20,14-25)15-32/h5-6,12-13,15,20H,3-4,7-11,14,25H2,1-2H3,(H2,26,27,28,29)/t20-,23?/m0/s1. The molecule has 0 amide bonds. The second-order valence-electron chi connectivity index (χ2n) is 8.95. The van der Waals surface area contributed by atoms with Crippen molar-refractivity contribution in [3.05, 3.63) is 35.8 Å². The van der Waals surface area contributed by atoms with Gasteiger partial charge in [-0.25, -0.2) is 9.37 Å². The topological polar surface area (TPSA) is 99.4 Å². The van der Waals surface area contributed by atoms with E-state index < -0.39 is 11.2 Å². The molecule has 1 saturated carbocycles. The molecular formula is C23H32FN7O. The molecule has 0 radical (unpaired) electrons. The number of hydrogen-bond donors (Lipinski definition) is 3. The molecule has 2 aliphatic rings. The van der Waals surface area contributed by atoms with Gasteiger partial charge in [0, 0.05) is 50.1 Å². The van der Waals surface area contributed by atoms with E-state index in [1.165, 1.54) is 5.69 Å². The Morgan fingerprint density at radius 1 is 1.31 bits per heavy atom. The second-order valence-corrected chi connectivity index (χ2v) is 8.95. The lowest BCUT2D eigenvalue weighted by Crippen LogP contribution is -2.44. The van der Waals surface area contributed by atoms with Crippen LogP contribution in [0, 0.1) is 18.2 Å². The van der Waals surface area contributed by atoms with Crippen molar-refractivity contribution in [2.24, 2.45) is 11.1 Å². The first-order valence-corrected chi connectivity index (χ1v) is 11.2. The smallest absolute Gasteiger partial charge is 0.229 e. The summed E-state index contributed by atoms with van der Waals surface area (Å²) < 4.78 is 14.4. The van der Waals surface area contributed by atoms with Crippen LogP contribution in [0.15, 0.2) is 24.4 Å². The fraction of sp³-hybridized carbons (Fsp3) is 0.522. The Kier molecular flexibility index (Phi) is 6.57. The van der Waals surface area contributed by atoms with Crippen molar-refractivity contribution >= 4 is 29.4 Å². The van der Waals surface area contributed by atoms with Gasteiger partial charge < -0.3 is 31.0 Å². The van der Waals surface area contributed by atoms with Crippen molar-refractivity contribution in [1.29, 1.82) is 0 Å². The van der Waals surface area contributed by atoms with Crippen LogP contribution in [0.5, 0.6) is 0 Å². The van der Waals surface area contributed by atoms with Gasteiger partial charge in [0.05, 0.1) is 11.6 Å². The van der Waals surface area contributed by atoms with E-state index in [0.717, 1.165) is 62.8 Å². The Morgan fingerprint density at radius 2 is 2.09 bits per heavy atom. The van der Waals surface area contributed by atoms with Gasteiger partial charge in [0.25, 0.3) is 0 Å². The number of nitrogens with zero attached hydrogens (tertiary/aromatic N) is 4. The summed E-state index contributed by atoms with van der Waals surface area (Å²) in [6, 6.07) is 5.90. The summed E-state index contributed by atoms with van der Waals surface area (Å²) in [6.07, 6.45) is 4.35. The van der Waals surface area contributed by atoms with E-state index in [1.807, 2.05) is 6.07 Å². The van der Waals surface area contributed by atoms with E-state index >= 15 is 0 Å². The minimum Gasteiger partial charge on any atom is -0.369 e. The molecule has 1 aromatic carbocycles. The van der Waals surface area contributed by atoms with E-state index in [-0.39, 0.29) is 18.4 Å². The van der Waals surface area contributed by atoms with Crippen LogP contribution in [0.25, 0.3) is 0 Å². The molecule has 2 fully saturated rings. The van der Waals surface area contributed by atoms with Crippen LogP contribution in [0.3, 0.4) is 0 Å². The molecule has 1 aliphatic carbocycles. The number of aldehydes is 1. The fourth-order valence-corrected chi connectivity index (χ4v) is 4.70. The van der Waals surface area contributed by atoms with Crippen molar-refractivity contribution in [2.75, 3.05) is 55.3 Å². The summed E-state index contributed by atoms with van der Waals surface area (Å²) in [5, 5.41) is 6.28. The predicted molar refractivity (Wildman–Crippen MR) is 125 cm³/mol. The molecule has 32 heavy (non-hydrogen) atoms. The van der Waals surface area contributed by atoms with Gasteiger partial charge in [-0.1, -0.05) is 6.42 Å². The Morgan fingerprint density at radius 3 is 2.78 bits per heavy atom. The maximum absolute atomic E-state index is 14.4. The number of rotatable bonds is 7. The average molecular weight is 442 g/mol. The number of likely N-dealkylation sites (N-methyl/N-ethyl adjacent to an activating group) is 1. The number of hydrogen-bond acceptors (Lipinski definition) is 8. The lowest BCUT2D eigenvalue weighted by molar-refractivity contribution is -0.115.